The van der Waals surface area contributed by atoms with Crippen molar-refractivity contribution in [2.45, 2.75) is 32.7 Å². The van der Waals surface area contributed by atoms with Gasteiger partial charge in [0.1, 0.15) is 0 Å². The van der Waals surface area contributed by atoms with Gasteiger partial charge in [0.25, 0.3) is 0 Å². The summed E-state index contributed by atoms with van der Waals surface area (Å²) in [5.74, 6) is 0.802. The molecule has 0 spiro atoms. The van der Waals surface area contributed by atoms with E-state index in [1.54, 1.807) is 11.3 Å². The zero-order chi connectivity index (χ0) is 12.3. The highest BCUT2D eigenvalue weighted by molar-refractivity contribution is 7.09. The van der Waals surface area contributed by atoms with Crippen LogP contribution >= 0.6 is 11.3 Å². The Morgan fingerprint density at radius 2 is 2.47 bits per heavy atom. The van der Waals surface area contributed by atoms with E-state index in [1.807, 2.05) is 0 Å². The van der Waals surface area contributed by atoms with E-state index in [9.17, 15) is 0 Å². The molecule has 0 radical (unpaired) electrons. The Morgan fingerprint density at radius 1 is 1.65 bits per heavy atom. The number of likely N-dealkylation sites (tertiary alicyclic amines) is 1. The zero-order valence-corrected chi connectivity index (χ0v) is 11.9. The van der Waals surface area contributed by atoms with Crippen LogP contribution in [0, 0.1) is 12.8 Å². The highest BCUT2D eigenvalue weighted by Gasteiger charge is 2.18. The van der Waals surface area contributed by atoms with Gasteiger partial charge in [-0.15, -0.1) is 11.3 Å². The molecule has 1 aliphatic rings. The van der Waals surface area contributed by atoms with E-state index in [0.717, 1.165) is 17.5 Å². The molecule has 0 bridgehead atoms. The summed E-state index contributed by atoms with van der Waals surface area (Å²) in [7, 11) is 2.22. The van der Waals surface area contributed by atoms with Crippen molar-refractivity contribution in [3.05, 3.63) is 16.1 Å². The molecule has 1 aromatic heterocycles. The van der Waals surface area contributed by atoms with E-state index in [-0.39, 0.29) is 0 Å². The van der Waals surface area contributed by atoms with Gasteiger partial charge in [0.15, 0.2) is 0 Å². The summed E-state index contributed by atoms with van der Waals surface area (Å²) < 4.78 is 0. The van der Waals surface area contributed by atoms with Crippen LogP contribution < -0.4 is 5.32 Å². The predicted molar refractivity (Wildman–Crippen MR) is 73.5 cm³/mol. The normalized spacial score (nSPS) is 23.8. The number of aromatic nitrogens is 1. The van der Waals surface area contributed by atoms with Gasteiger partial charge in [-0.25, -0.2) is 4.98 Å². The maximum absolute atomic E-state index is 4.53. The number of aryl methyl sites for hydroxylation is 1. The maximum Gasteiger partial charge on any atom is 0.0898 e. The number of hydrogen-bond donors (Lipinski definition) is 1. The summed E-state index contributed by atoms with van der Waals surface area (Å²) in [5, 5.41) is 6.95. The molecule has 2 atom stereocenters. The van der Waals surface area contributed by atoms with Crippen LogP contribution in [0.4, 0.5) is 0 Å². The minimum absolute atomic E-state index is 0.382. The van der Waals surface area contributed by atoms with Gasteiger partial charge in [-0.2, -0.15) is 0 Å². The minimum atomic E-state index is 0.382. The minimum Gasteiger partial charge on any atom is -0.309 e. The third kappa shape index (κ3) is 3.76. The van der Waals surface area contributed by atoms with Crippen LogP contribution in [0.3, 0.4) is 0 Å². The number of nitrogens with zero attached hydrogens (tertiary/aromatic N) is 2. The molecular weight excluding hydrogens is 230 g/mol. The number of hydrogen-bond acceptors (Lipinski definition) is 4. The van der Waals surface area contributed by atoms with Gasteiger partial charge in [-0.3, -0.25) is 0 Å². The third-order valence-electron chi connectivity index (χ3n) is 3.52. The topological polar surface area (TPSA) is 28.2 Å². The lowest BCUT2D eigenvalue weighted by Crippen LogP contribution is -2.38. The Morgan fingerprint density at radius 3 is 3.12 bits per heavy atom. The molecule has 1 fully saturated rings. The van der Waals surface area contributed by atoms with Crippen molar-refractivity contribution in [2.75, 3.05) is 26.7 Å². The van der Waals surface area contributed by atoms with Crippen molar-refractivity contribution in [3.8, 4) is 0 Å². The van der Waals surface area contributed by atoms with Gasteiger partial charge in [-0.05, 0) is 52.7 Å². The first-order chi connectivity index (χ1) is 8.15. The summed E-state index contributed by atoms with van der Waals surface area (Å²) in [6.45, 7) is 7.88. The molecular formula is C13H23N3S. The monoisotopic (exact) mass is 253 g/mol. The first-order valence-electron chi connectivity index (χ1n) is 6.49. The lowest BCUT2D eigenvalue weighted by molar-refractivity contribution is 0.203. The Balaban J connectivity index is 1.77. The van der Waals surface area contributed by atoms with Crippen LogP contribution in [0.15, 0.2) is 5.38 Å². The van der Waals surface area contributed by atoms with Gasteiger partial charge in [-0.1, -0.05) is 0 Å². The standard InChI is InChI=1S/C13H23N3S/c1-10(13-9-17-11(2)15-13)14-7-12-5-4-6-16(3)8-12/h9-10,12,14H,4-8H2,1-3H3. The molecule has 96 valence electrons. The second-order valence-corrected chi connectivity index (χ2v) is 6.25. The highest BCUT2D eigenvalue weighted by atomic mass is 32.1. The first-order valence-corrected chi connectivity index (χ1v) is 7.37. The van der Waals surface area contributed by atoms with Crippen LogP contribution in [0.2, 0.25) is 0 Å². The van der Waals surface area contributed by atoms with Crippen LogP contribution in [-0.2, 0) is 0 Å². The Kier molecular flexibility index (Phi) is 4.54. The molecule has 17 heavy (non-hydrogen) atoms. The number of thiazole rings is 1. The van der Waals surface area contributed by atoms with Crippen LogP contribution in [0.5, 0.6) is 0 Å². The molecule has 4 heteroatoms. The maximum atomic E-state index is 4.53. The van der Waals surface area contributed by atoms with E-state index >= 15 is 0 Å². The fraction of sp³-hybridized carbons (Fsp3) is 0.769. The van der Waals surface area contributed by atoms with Gasteiger partial charge in [0.2, 0.25) is 0 Å². The smallest absolute Gasteiger partial charge is 0.0898 e. The first kappa shape index (κ1) is 13.0. The molecule has 1 aliphatic heterocycles. The average molecular weight is 253 g/mol. The molecule has 3 nitrogen and oxygen atoms in total. The van der Waals surface area contributed by atoms with Gasteiger partial charge >= 0.3 is 0 Å². The van der Waals surface area contributed by atoms with E-state index in [0.29, 0.717) is 6.04 Å². The molecule has 2 heterocycles. The molecule has 0 saturated carbocycles. The molecule has 0 aliphatic carbocycles. The summed E-state index contributed by atoms with van der Waals surface area (Å²) in [6, 6.07) is 0.382. The second-order valence-electron chi connectivity index (χ2n) is 5.19. The van der Waals surface area contributed by atoms with Crippen LogP contribution in [-0.4, -0.2) is 36.6 Å². The van der Waals surface area contributed by atoms with Gasteiger partial charge in [0.05, 0.1) is 10.7 Å². The van der Waals surface area contributed by atoms with E-state index in [4.69, 9.17) is 0 Å². The lowest BCUT2D eigenvalue weighted by atomic mass is 9.98. The number of rotatable bonds is 4. The lowest BCUT2D eigenvalue weighted by Gasteiger charge is -2.30. The Hall–Kier alpha value is -0.450. The average Bonchev–Trinajstić information content (AvgIpc) is 2.73. The molecule has 1 aromatic rings. The fourth-order valence-corrected chi connectivity index (χ4v) is 3.17. The Bertz CT molecular complexity index is 350. The number of nitrogens with one attached hydrogen (secondary N) is 1. The third-order valence-corrected chi connectivity index (χ3v) is 4.31. The quantitative estimate of drug-likeness (QED) is 0.893. The van der Waals surface area contributed by atoms with E-state index in [2.05, 4.69) is 41.5 Å². The van der Waals surface area contributed by atoms with Crippen LogP contribution in [0.1, 0.15) is 36.5 Å². The molecule has 2 unspecified atom stereocenters. The van der Waals surface area contributed by atoms with Gasteiger partial charge in [0, 0.05) is 18.0 Å². The Labute approximate surface area is 108 Å². The van der Waals surface area contributed by atoms with Crippen molar-refractivity contribution >= 4 is 11.3 Å². The van der Waals surface area contributed by atoms with Crippen molar-refractivity contribution < 1.29 is 0 Å². The summed E-state index contributed by atoms with van der Waals surface area (Å²) >= 11 is 1.74. The van der Waals surface area contributed by atoms with E-state index in [1.165, 1.54) is 31.6 Å². The summed E-state index contributed by atoms with van der Waals surface area (Å²) in [5.41, 5.74) is 1.19. The molecule has 0 aromatic carbocycles. The second kappa shape index (κ2) is 5.94. The molecule has 0 amide bonds. The van der Waals surface area contributed by atoms with Gasteiger partial charge < -0.3 is 10.2 Å². The van der Waals surface area contributed by atoms with E-state index < -0.39 is 0 Å². The van der Waals surface area contributed by atoms with Crippen molar-refractivity contribution in [2.24, 2.45) is 5.92 Å². The highest BCUT2D eigenvalue weighted by Crippen LogP contribution is 2.18. The summed E-state index contributed by atoms with van der Waals surface area (Å²) in [4.78, 5) is 6.97. The largest absolute Gasteiger partial charge is 0.309 e. The molecule has 2 rings (SSSR count). The fourth-order valence-electron chi connectivity index (χ4n) is 2.47. The van der Waals surface area contributed by atoms with Crippen LogP contribution in [0.25, 0.3) is 0 Å². The molecule has 1 N–H and O–H groups in total. The van der Waals surface area contributed by atoms with Crippen molar-refractivity contribution in [3.63, 3.8) is 0 Å². The predicted octanol–water partition coefficient (Wildman–Crippen LogP) is 2.44. The summed E-state index contributed by atoms with van der Waals surface area (Å²) in [6.07, 6.45) is 2.70. The zero-order valence-electron chi connectivity index (χ0n) is 11.1. The molecule has 1 saturated heterocycles. The van der Waals surface area contributed by atoms with Crippen molar-refractivity contribution in [1.29, 1.82) is 0 Å². The van der Waals surface area contributed by atoms with Crippen molar-refractivity contribution in [1.82, 2.24) is 15.2 Å². The number of piperidine rings is 1. The SMILES string of the molecule is Cc1nc(C(C)NCC2CCCN(C)C2)cs1.